The van der Waals surface area contributed by atoms with Gasteiger partial charge in [-0.2, -0.15) is 0 Å². The largest absolute Gasteiger partial charge is 0.116 e. The van der Waals surface area contributed by atoms with Gasteiger partial charge in [-0.1, -0.05) is 83.8 Å². The molecule has 1 saturated heterocycles. The van der Waals surface area contributed by atoms with Crippen molar-refractivity contribution in [2.75, 3.05) is 0 Å². The fraction of sp³-hybridized carbons (Fsp3) is 1.00. The van der Waals surface area contributed by atoms with Crippen molar-refractivity contribution in [3.05, 3.63) is 0 Å². The zero-order chi connectivity index (χ0) is 11.1. The van der Waals surface area contributed by atoms with Crippen LogP contribution in [-0.4, -0.2) is 7.28 Å². The molecule has 0 aromatic carbocycles. The summed E-state index contributed by atoms with van der Waals surface area (Å²) >= 11 is 0. The summed E-state index contributed by atoms with van der Waals surface area (Å²) in [7, 11) is 2.54. The predicted octanol–water partition coefficient (Wildman–Crippen LogP) is 5.08. The fourth-order valence-electron chi connectivity index (χ4n) is 2.43. The molecule has 0 aliphatic carbocycles. The lowest BCUT2D eigenvalue weighted by Gasteiger charge is -2.07. The molecular formula is C14H28B. The highest BCUT2D eigenvalue weighted by atomic mass is 14.2. The molecule has 1 heteroatoms. The van der Waals surface area contributed by atoms with E-state index in [9.17, 15) is 0 Å². The molecule has 0 bridgehead atoms. The van der Waals surface area contributed by atoms with Crippen LogP contribution in [0.25, 0.3) is 0 Å². The summed E-state index contributed by atoms with van der Waals surface area (Å²) in [6.45, 7) is 7.00. The van der Waals surface area contributed by atoms with Crippen LogP contribution < -0.4 is 0 Å². The Morgan fingerprint density at radius 3 is 2.33 bits per heavy atom. The Kier molecular flexibility index (Phi) is 6.44. The van der Waals surface area contributed by atoms with E-state index in [1.165, 1.54) is 51.4 Å². The first-order valence-electron chi connectivity index (χ1n) is 7.12. The summed E-state index contributed by atoms with van der Waals surface area (Å²) in [5.74, 6) is 2.95. The van der Waals surface area contributed by atoms with Crippen molar-refractivity contribution in [2.24, 2.45) is 5.92 Å². The second-order valence-corrected chi connectivity index (χ2v) is 5.43. The SMILES string of the molecule is CCC(C)CCCCCCC1[B]C1CC. The molecule has 0 aromatic heterocycles. The van der Waals surface area contributed by atoms with Crippen LogP contribution in [0.3, 0.4) is 0 Å². The topological polar surface area (TPSA) is 0 Å². The van der Waals surface area contributed by atoms with E-state index in [4.69, 9.17) is 0 Å². The first kappa shape index (κ1) is 13.1. The second-order valence-electron chi connectivity index (χ2n) is 5.43. The first-order chi connectivity index (χ1) is 7.27. The van der Waals surface area contributed by atoms with E-state index in [1.54, 1.807) is 0 Å². The minimum absolute atomic E-state index is 0.950. The van der Waals surface area contributed by atoms with Gasteiger partial charge in [-0.15, -0.1) is 0 Å². The second kappa shape index (κ2) is 7.36. The normalized spacial score (nSPS) is 26.1. The summed E-state index contributed by atoms with van der Waals surface area (Å²) in [5, 5.41) is 0. The van der Waals surface area contributed by atoms with Gasteiger partial charge in [-0.25, -0.2) is 0 Å². The van der Waals surface area contributed by atoms with Gasteiger partial charge in [0.05, 0.1) is 0 Å². The van der Waals surface area contributed by atoms with Crippen LogP contribution >= 0.6 is 0 Å². The minimum atomic E-state index is 0.950. The smallest absolute Gasteiger partial charge is 0.0730 e. The molecule has 0 nitrogen and oxygen atoms in total. The number of hydrogen-bond acceptors (Lipinski definition) is 0. The molecular weight excluding hydrogens is 179 g/mol. The van der Waals surface area contributed by atoms with Gasteiger partial charge in [-0.05, 0) is 5.92 Å². The lowest BCUT2D eigenvalue weighted by atomic mass is 9.95. The van der Waals surface area contributed by atoms with E-state index < -0.39 is 0 Å². The van der Waals surface area contributed by atoms with Crippen LogP contribution in [0, 0.1) is 5.92 Å². The summed E-state index contributed by atoms with van der Waals surface area (Å²) in [6.07, 6.45) is 11.5. The van der Waals surface area contributed by atoms with Crippen molar-refractivity contribution in [2.45, 2.75) is 83.8 Å². The Hall–Kier alpha value is 0.0649. The molecule has 1 aliphatic heterocycles. The highest BCUT2D eigenvalue weighted by molar-refractivity contribution is 6.53. The van der Waals surface area contributed by atoms with Crippen LogP contribution in [0.15, 0.2) is 0 Å². The zero-order valence-corrected chi connectivity index (χ0v) is 11.0. The standard InChI is InChI=1S/C14H28B/c1-4-12(3)10-8-6-7-9-11-14-13(5-2)15-14/h12-14H,4-11H2,1-3H3. The number of unbranched alkanes of at least 4 members (excludes halogenated alkanes) is 3. The highest BCUT2D eigenvalue weighted by Gasteiger charge is 2.35. The highest BCUT2D eigenvalue weighted by Crippen LogP contribution is 2.47. The third-order valence-electron chi connectivity index (χ3n) is 4.06. The molecule has 1 aliphatic rings. The fourth-order valence-corrected chi connectivity index (χ4v) is 2.43. The third-order valence-corrected chi connectivity index (χ3v) is 4.06. The van der Waals surface area contributed by atoms with E-state index in [0.717, 1.165) is 17.6 Å². The minimum Gasteiger partial charge on any atom is -0.0730 e. The Labute approximate surface area is 97.5 Å². The molecule has 1 heterocycles. The molecule has 0 N–H and O–H groups in total. The van der Waals surface area contributed by atoms with Gasteiger partial charge in [0, 0.05) is 0 Å². The molecule has 3 unspecified atom stereocenters. The number of hydrogen-bond donors (Lipinski definition) is 0. The van der Waals surface area contributed by atoms with Crippen molar-refractivity contribution in [1.29, 1.82) is 0 Å². The first-order valence-corrected chi connectivity index (χ1v) is 7.12. The van der Waals surface area contributed by atoms with Crippen LogP contribution in [0.5, 0.6) is 0 Å². The number of rotatable bonds is 9. The lowest BCUT2D eigenvalue weighted by molar-refractivity contribution is 0.472. The van der Waals surface area contributed by atoms with Crippen molar-refractivity contribution in [3.63, 3.8) is 0 Å². The molecule has 15 heavy (non-hydrogen) atoms. The van der Waals surface area contributed by atoms with E-state index >= 15 is 0 Å². The van der Waals surface area contributed by atoms with Gasteiger partial charge < -0.3 is 0 Å². The van der Waals surface area contributed by atoms with E-state index in [0.29, 0.717) is 0 Å². The van der Waals surface area contributed by atoms with Gasteiger partial charge in [0.2, 0.25) is 0 Å². The quantitative estimate of drug-likeness (QED) is 0.365. The predicted molar refractivity (Wildman–Crippen MR) is 70.7 cm³/mol. The molecule has 0 aromatic rings. The summed E-state index contributed by atoms with van der Waals surface area (Å²) < 4.78 is 0. The molecule has 3 atom stereocenters. The van der Waals surface area contributed by atoms with Crippen molar-refractivity contribution >= 4 is 7.28 Å². The molecule has 1 fully saturated rings. The summed E-state index contributed by atoms with van der Waals surface area (Å²) in [6, 6.07) is 0. The van der Waals surface area contributed by atoms with Crippen molar-refractivity contribution in [3.8, 4) is 0 Å². The van der Waals surface area contributed by atoms with Crippen molar-refractivity contribution in [1.82, 2.24) is 0 Å². The lowest BCUT2D eigenvalue weighted by Crippen LogP contribution is -1.91. The maximum absolute atomic E-state index is 2.54. The van der Waals surface area contributed by atoms with Crippen LogP contribution in [0.4, 0.5) is 0 Å². The Morgan fingerprint density at radius 2 is 1.73 bits per heavy atom. The third kappa shape index (κ3) is 5.63. The van der Waals surface area contributed by atoms with Crippen LogP contribution in [-0.2, 0) is 0 Å². The Bertz CT molecular complexity index is 155. The van der Waals surface area contributed by atoms with Gasteiger partial charge in [-0.3, -0.25) is 0 Å². The maximum atomic E-state index is 2.54. The maximum Gasteiger partial charge on any atom is 0.116 e. The average molecular weight is 207 g/mol. The summed E-state index contributed by atoms with van der Waals surface area (Å²) in [4.78, 5) is 0. The van der Waals surface area contributed by atoms with E-state index in [1.807, 2.05) is 0 Å². The Balaban J connectivity index is 1.78. The van der Waals surface area contributed by atoms with E-state index in [-0.39, 0.29) is 0 Å². The zero-order valence-electron chi connectivity index (χ0n) is 11.0. The van der Waals surface area contributed by atoms with Gasteiger partial charge in [0.1, 0.15) is 7.28 Å². The average Bonchev–Trinajstić information content (AvgIpc) is 3.01. The molecule has 87 valence electrons. The summed E-state index contributed by atoms with van der Waals surface area (Å²) in [5.41, 5.74) is 0. The molecule has 1 rings (SSSR count). The van der Waals surface area contributed by atoms with Gasteiger partial charge in [0.15, 0.2) is 0 Å². The molecule has 0 spiro atoms. The molecule has 0 saturated carbocycles. The molecule has 1 radical (unpaired) electrons. The van der Waals surface area contributed by atoms with Gasteiger partial charge >= 0.3 is 0 Å². The van der Waals surface area contributed by atoms with Crippen LogP contribution in [0.1, 0.15) is 72.1 Å². The van der Waals surface area contributed by atoms with E-state index in [2.05, 4.69) is 28.1 Å². The van der Waals surface area contributed by atoms with Crippen LogP contribution in [0.2, 0.25) is 11.6 Å². The van der Waals surface area contributed by atoms with Gasteiger partial charge in [0.25, 0.3) is 0 Å². The monoisotopic (exact) mass is 207 g/mol. The Morgan fingerprint density at radius 1 is 1.00 bits per heavy atom. The van der Waals surface area contributed by atoms with Crippen molar-refractivity contribution < 1.29 is 0 Å². The molecule has 0 amide bonds.